The van der Waals surface area contributed by atoms with Crippen LogP contribution in [0, 0.1) is 0 Å². The fourth-order valence-electron chi connectivity index (χ4n) is 2.39. The lowest BCUT2D eigenvalue weighted by atomic mass is 10.2. The van der Waals surface area contributed by atoms with Gasteiger partial charge in [0.05, 0.1) is 6.61 Å². The Labute approximate surface area is 121 Å². The molecule has 0 aliphatic carbocycles. The van der Waals surface area contributed by atoms with Crippen molar-refractivity contribution >= 4 is 0 Å². The van der Waals surface area contributed by atoms with E-state index in [0.717, 1.165) is 17.9 Å². The van der Waals surface area contributed by atoms with Crippen molar-refractivity contribution in [2.24, 2.45) is 0 Å². The largest absolute Gasteiger partial charge is 0.486 e. The van der Waals surface area contributed by atoms with Gasteiger partial charge in [-0.2, -0.15) is 4.98 Å². The van der Waals surface area contributed by atoms with Crippen molar-refractivity contribution in [1.29, 1.82) is 0 Å². The molecule has 1 saturated heterocycles. The Kier molecular flexibility index (Phi) is 3.21. The third-order valence-electron chi connectivity index (χ3n) is 3.45. The zero-order chi connectivity index (χ0) is 14.1. The van der Waals surface area contributed by atoms with Crippen molar-refractivity contribution < 1.29 is 18.7 Å². The zero-order valence-electron chi connectivity index (χ0n) is 11.4. The van der Waals surface area contributed by atoms with Crippen molar-refractivity contribution in [2.45, 2.75) is 6.10 Å². The minimum Gasteiger partial charge on any atom is -0.486 e. The minimum atomic E-state index is -0.159. The van der Waals surface area contributed by atoms with Crippen molar-refractivity contribution in [3.05, 3.63) is 24.0 Å². The standard InChI is InChI=1S/C14H15N3O4/c1-2-10-11(20-6-5-19-10)7-9(1)14-16-13(17-21-14)12-8-15-3-4-18-12/h1-2,7,12,15H,3-6,8H2. The van der Waals surface area contributed by atoms with Crippen LogP contribution in [0.25, 0.3) is 11.5 Å². The Morgan fingerprint density at radius 2 is 2.00 bits per heavy atom. The van der Waals surface area contributed by atoms with Gasteiger partial charge in [0.2, 0.25) is 5.82 Å². The average molecular weight is 289 g/mol. The second kappa shape index (κ2) is 5.34. The van der Waals surface area contributed by atoms with Gasteiger partial charge in [0.15, 0.2) is 11.5 Å². The summed E-state index contributed by atoms with van der Waals surface area (Å²) in [6.07, 6.45) is -0.159. The predicted octanol–water partition coefficient (Wildman–Crippen LogP) is 1.17. The predicted molar refractivity (Wildman–Crippen MR) is 72.3 cm³/mol. The number of rotatable bonds is 2. The highest BCUT2D eigenvalue weighted by molar-refractivity contribution is 5.60. The first kappa shape index (κ1) is 12.6. The molecule has 1 aromatic heterocycles. The van der Waals surface area contributed by atoms with Crippen LogP contribution in [0.2, 0.25) is 0 Å². The number of hydrogen-bond acceptors (Lipinski definition) is 7. The highest BCUT2D eigenvalue weighted by Gasteiger charge is 2.22. The van der Waals surface area contributed by atoms with E-state index >= 15 is 0 Å². The summed E-state index contributed by atoms with van der Waals surface area (Å²) in [4.78, 5) is 4.41. The SMILES string of the molecule is c1cc2c(cc1-c1nc(C3CNCCO3)no1)OCCO2. The number of benzene rings is 1. The van der Waals surface area contributed by atoms with E-state index in [0.29, 0.717) is 43.8 Å². The summed E-state index contributed by atoms with van der Waals surface area (Å²) in [7, 11) is 0. The van der Waals surface area contributed by atoms with E-state index in [2.05, 4.69) is 15.5 Å². The van der Waals surface area contributed by atoms with Crippen LogP contribution in [0.3, 0.4) is 0 Å². The van der Waals surface area contributed by atoms with E-state index in [-0.39, 0.29) is 6.10 Å². The van der Waals surface area contributed by atoms with Gasteiger partial charge in [-0.05, 0) is 18.2 Å². The van der Waals surface area contributed by atoms with Gasteiger partial charge in [0, 0.05) is 18.7 Å². The summed E-state index contributed by atoms with van der Waals surface area (Å²) in [6.45, 7) is 3.32. The number of aromatic nitrogens is 2. The van der Waals surface area contributed by atoms with Crippen LogP contribution in [-0.2, 0) is 4.74 Å². The number of fused-ring (bicyclic) bond motifs is 1. The lowest BCUT2D eigenvalue weighted by Gasteiger charge is -2.20. The number of nitrogens with one attached hydrogen (secondary N) is 1. The number of hydrogen-bond donors (Lipinski definition) is 1. The summed E-state index contributed by atoms with van der Waals surface area (Å²) in [5.41, 5.74) is 0.807. The molecule has 1 N–H and O–H groups in total. The third-order valence-corrected chi connectivity index (χ3v) is 3.45. The van der Waals surface area contributed by atoms with E-state index in [1.165, 1.54) is 0 Å². The molecule has 4 rings (SSSR count). The van der Waals surface area contributed by atoms with Crippen LogP contribution in [0.15, 0.2) is 22.7 Å². The number of morpholine rings is 1. The van der Waals surface area contributed by atoms with Gasteiger partial charge in [-0.15, -0.1) is 0 Å². The molecule has 2 aliphatic heterocycles. The summed E-state index contributed by atoms with van der Waals surface area (Å²) < 4.78 is 22.0. The lowest BCUT2D eigenvalue weighted by molar-refractivity contribution is 0.0208. The van der Waals surface area contributed by atoms with Crippen LogP contribution in [-0.4, -0.2) is 43.1 Å². The second-order valence-electron chi connectivity index (χ2n) is 4.88. The van der Waals surface area contributed by atoms with E-state index in [1.807, 2.05) is 18.2 Å². The zero-order valence-corrected chi connectivity index (χ0v) is 11.4. The summed E-state index contributed by atoms with van der Waals surface area (Å²) >= 11 is 0. The number of ether oxygens (including phenoxy) is 3. The molecule has 0 radical (unpaired) electrons. The van der Waals surface area contributed by atoms with Gasteiger partial charge in [-0.1, -0.05) is 5.16 Å². The number of nitrogens with zero attached hydrogens (tertiary/aromatic N) is 2. The molecule has 0 amide bonds. The Balaban J connectivity index is 1.60. The molecular formula is C14H15N3O4. The lowest BCUT2D eigenvalue weighted by Crippen LogP contribution is -2.33. The van der Waals surface area contributed by atoms with Crippen LogP contribution in [0.1, 0.15) is 11.9 Å². The molecule has 1 atom stereocenters. The average Bonchev–Trinajstić information content (AvgIpc) is 3.05. The molecule has 1 unspecified atom stereocenters. The summed E-state index contributed by atoms with van der Waals surface area (Å²) in [5.74, 6) is 2.46. The van der Waals surface area contributed by atoms with E-state index in [4.69, 9.17) is 18.7 Å². The maximum absolute atomic E-state index is 5.61. The fraction of sp³-hybridized carbons (Fsp3) is 0.429. The van der Waals surface area contributed by atoms with Crippen molar-refractivity contribution in [3.8, 4) is 23.0 Å². The molecule has 0 spiro atoms. The molecule has 110 valence electrons. The van der Waals surface area contributed by atoms with Crippen molar-refractivity contribution in [3.63, 3.8) is 0 Å². The minimum absolute atomic E-state index is 0.159. The Morgan fingerprint density at radius 3 is 2.86 bits per heavy atom. The molecule has 3 heterocycles. The Bertz CT molecular complexity index is 637. The summed E-state index contributed by atoms with van der Waals surface area (Å²) in [6, 6.07) is 5.59. The smallest absolute Gasteiger partial charge is 0.258 e. The van der Waals surface area contributed by atoms with Crippen LogP contribution in [0.4, 0.5) is 0 Å². The van der Waals surface area contributed by atoms with E-state index in [1.54, 1.807) is 0 Å². The molecular weight excluding hydrogens is 274 g/mol. The topological polar surface area (TPSA) is 78.6 Å². The van der Waals surface area contributed by atoms with Gasteiger partial charge >= 0.3 is 0 Å². The van der Waals surface area contributed by atoms with E-state index < -0.39 is 0 Å². The van der Waals surface area contributed by atoms with Gasteiger partial charge in [0.25, 0.3) is 5.89 Å². The highest BCUT2D eigenvalue weighted by atomic mass is 16.6. The first-order chi connectivity index (χ1) is 10.4. The van der Waals surface area contributed by atoms with Crippen molar-refractivity contribution in [2.75, 3.05) is 32.9 Å². The second-order valence-corrected chi connectivity index (χ2v) is 4.88. The highest BCUT2D eigenvalue weighted by Crippen LogP contribution is 2.34. The maximum Gasteiger partial charge on any atom is 0.258 e. The molecule has 7 heteroatoms. The maximum atomic E-state index is 5.61. The molecule has 0 bridgehead atoms. The first-order valence-electron chi connectivity index (χ1n) is 6.96. The Hall–Kier alpha value is -2.12. The first-order valence-corrected chi connectivity index (χ1v) is 6.96. The van der Waals surface area contributed by atoms with Crippen LogP contribution < -0.4 is 14.8 Å². The summed E-state index contributed by atoms with van der Waals surface area (Å²) in [5, 5.41) is 7.25. The molecule has 1 fully saturated rings. The van der Waals surface area contributed by atoms with Gasteiger partial charge in [-0.25, -0.2) is 0 Å². The molecule has 2 aliphatic rings. The van der Waals surface area contributed by atoms with Gasteiger partial charge in [0.1, 0.15) is 19.3 Å². The normalized spacial score (nSPS) is 21.2. The quantitative estimate of drug-likeness (QED) is 0.889. The molecule has 1 aromatic carbocycles. The van der Waals surface area contributed by atoms with Gasteiger partial charge < -0.3 is 24.1 Å². The van der Waals surface area contributed by atoms with E-state index in [9.17, 15) is 0 Å². The Morgan fingerprint density at radius 1 is 1.10 bits per heavy atom. The van der Waals surface area contributed by atoms with Crippen LogP contribution >= 0.6 is 0 Å². The molecule has 7 nitrogen and oxygen atoms in total. The molecule has 0 saturated carbocycles. The van der Waals surface area contributed by atoms with Crippen LogP contribution in [0.5, 0.6) is 11.5 Å². The van der Waals surface area contributed by atoms with Crippen molar-refractivity contribution in [1.82, 2.24) is 15.5 Å². The fourth-order valence-corrected chi connectivity index (χ4v) is 2.39. The molecule has 2 aromatic rings. The monoisotopic (exact) mass is 289 g/mol. The molecule has 21 heavy (non-hydrogen) atoms. The third kappa shape index (κ3) is 2.45. The van der Waals surface area contributed by atoms with Gasteiger partial charge in [-0.3, -0.25) is 0 Å².